The average Bonchev–Trinajstić information content (AvgIpc) is 2.68. The van der Waals surface area contributed by atoms with E-state index in [0.29, 0.717) is 25.5 Å². The third-order valence-electron chi connectivity index (χ3n) is 4.41. The van der Waals surface area contributed by atoms with Crippen molar-refractivity contribution >= 4 is 15.8 Å². The molecule has 0 bridgehead atoms. The van der Waals surface area contributed by atoms with E-state index in [2.05, 4.69) is 10.3 Å². The van der Waals surface area contributed by atoms with Gasteiger partial charge in [-0.3, -0.25) is 5.32 Å². The Morgan fingerprint density at radius 3 is 2.44 bits per heavy atom. The maximum absolute atomic E-state index is 12.6. The number of H-pyrrole nitrogens is 1. The van der Waals surface area contributed by atoms with Crippen molar-refractivity contribution in [3.8, 4) is 0 Å². The van der Waals surface area contributed by atoms with Crippen molar-refractivity contribution in [2.24, 2.45) is 0 Å². The lowest BCUT2D eigenvalue weighted by Crippen LogP contribution is -2.36. The molecular formula is C18H24N3O3S+. The molecule has 3 N–H and O–H groups in total. The van der Waals surface area contributed by atoms with Crippen LogP contribution in [-0.2, 0) is 10.0 Å². The fraction of sp³-hybridized carbons (Fsp3) is 0.389. The van der Waals surface area contributed by atoms with Crippen LogP contribution in [0, 0.1) is 0 Å². The highest BCUT2D eigenvalue weighted by molar-refractivity contribution is 7.89. The van der Waals surface area contributed by atoms with E-state index in [1.54, 1.807) is 16.4 Å². The van der Waals surface area contributed by atoms with Crippen molar-refractivity contribution < 1.29 is 18.5 Å². The lowest BCUT2D eigenvalue weighted by molar-refractivity contribution is -0.364. The number of rotatable bonds is 6. The highest BCUT2D eigenvalue weighted by Gasteiger charge is 2.26. The van der Waals surface area contributed by atoms with Gasteiger partial charge >= 0.3 is 0 Å². The Bertz CT molecular complexity index is 773. The van der Waals surface area contributed by atoms with Crippen LogP contribution >= 0.6 is 0 Å². The van der Waals surface area contributed by atoms with Gasteiger partial charge in [-0.15, -0.1) is 0 Å². The number of aliphatic hydroxyl groups excluding tert-OH is 1. The van der Waals surface area contributed by atoms with E-state index < -0.39 is 16.1 Å². The standard InChI is InChI=1S/C18H23N3O3S/c22-17(15-7-3-1-4-8-15)14-20-18-10-9-16(13-19-18)25(23,24)21-11-5-2-6-12-21/h1,3-4,7-10,13,17,22H,2,5-6,11-12,14H2,(H,19,20)/p+1/t17-/m1/s1. The molecule has 25 heavy (non-hydrogen) atoms. The molecule has 1 aromatic heterocycles. The maximum Gasteiger partial charge on any atom is 0.272 e. The number of sulfonamides is 1. The highest BCUT2D eigenvalue weighted by Crippen LogP contribution is 2.20. The summed E-state index contributed by atoms with van der Waals surface area (Å²) in [5, 5.41) is 13.2. The van der Waals surface area contributed by atoms with Gasteiger partial charge in [0.05, 0.1) is 0 Å². The summed E-state index contributed by atoms with van der Waals surface area (Å²) in [4.78, 5) is 3.23. The first-order chi connectivity index (χ1) is 12.1. The third-order valence-corrected chi connectivity index (χ3v) is 6.30. The van der Waals surface area contributed by atoms with E-state index in [4.69, 9.17) is 0 Å². The molecule has 0 radical (unpaired) electrons. The average molecular weight is 362 g/mol. The van der Waals surface area contributed by atoms with E-state index in [1.165, 1.54) is 6.20 Å². The van der Waals surface area contributed by atoms with Gasteiger partial charge in [-0.05, 0) is 24.5 Å². The number of aromatic nitrogens is 1. The van der Waals surface area contributed by atoms with Gasteiger partial charge in [-0.25, -0.2) is 13.4 Å². The van der Waals surface area contributed by atoms with Crippen molar-refractivity contribution in [2.45, 2.75) is 30.3 Å². The lowest BCUT2D eigenvalue weighted by atomic mass is 10.1. The van der Waals surface area contributed by atoms with Crippen molar-refractivity contribution in [2.75, 3.05) is 25.0 Å². The summed E-state index contributed by atoms with van der Waals surface area (Å²) in [6.45, 7) is 1.51. The Kier molecular flexibility index (Phi) is 5.67. The van der Waals surface area contributed by atoms with Crippen molar-refractivity contribution in [3.05, 3.63) is 54.2 Å². The second-order valence-corrected chi connectivity index (χ2v) is 8.15. The quantitative estimate of drug-likeness (QED) is 0.821. The van der Waals surface area contributed by atoms with E-state index in [1.807, 2.05) is 30.3 Å². The van der Waals surface area contributed by atoms with Gasteiger partial charge in [0.15, 0.2) is 0 Å². The molecule has 1 atom stereocenters. The van der Waals surface area contributed by atoms with Gasteiger partial charge in [0, 0.05) is 19.2 Å². The lowest BCUT2D eigenvalue weighted by Gasteiger charge is -2.25. The van der Waals surface area contributed by atoms with Crippen molar-refractivity contribution in [3.63, 3.8) is 0 Å². The second-order valence-electron chi connectivity index (χ2n) is 6.21. The number of nitrogens with zero attached hydrogens (tertiary/aromatic N) is 1. The topological polar surface area (TPSA) is 83.8 Å². The van der Waals surface area contributed by atoms with Gasteiger partial charge in [-0.2, -0.15) is 4.31 Å². The van der Waals surface area contributed by atoms with Crippen LogP contribution in [0.4, 0.5) is 5.82 Å². The molecule has 0 saturated carbocycles. The maximum atomic E-state index is 12.6. The molecule has 2 aromatic rings. The largest absolute Gasteiger partial charge is 0.384 e. The van der Waals surface area contributed by atoms with Crippen molar-refractivity contribution in [1.29, 1.82) is 0 Å². The van der Waals surface area contributed by atoms with Crippen LogP contribution < -0.4 is 10.3 Å². The first-order valence-electron chi connectivity index (χ1n) is 8.56. The molecule has 1 aliphatic rings. The van der Waals surface area contributed by atoms with Crippen LogP contribution in [0.3, 0.4) is 0 Å². The normalized spacial score (nSPS) is 17.2. The van der Waals surface area contributed by atoms with E-state index in [-0.39, 0.29) is 4.90 Å². The fourth-order valence-electron chi connectivity index (χ4n) is 2.93. The zero-order valence-corrected chi connectivity index (χ0v) is 14.9. The minimum atomic E-state index is -3.43. The number of aromatic amines is 1. The third kappa shape index (κ3) is 4.36. The molecule has 1 aromatic carbocycles. The predicted molar refractivity (Wildman–Crippen MR) is 95.5 cm³/mol. The molecule has 3 rings (SSSR count). The van der Waals surface area contributed by atoms with Crippen LogP contribution in [0.25, 0.3) is 0 Å². The Hall–Kier alpha value is -1.96. The molecule has 1 saturated heterocycles. The van der Waals surface area contributed by atoms with Gasteiger partial charge in [0.25, 0.3) is 5.82 Å². The molecule has 0 spiro atoms. The second kappa shape index (κ2) is 7.95. The summed E-state index contributed by atoms with van der Waals surface area (Å²) < 4.78 is 26.7. The number of aliphatic hydroxyl groups is 1. The monoisotopic (exact) mass is 362 g/mol. The molecule has 7 heteroatoms. The van der Waals surface area contributed by atoms with Gasteiger partial charge < -0.3 is 5.11 Å². The smallest absolute Gasteiger partial charge is 0.272 e. The molecule has 0 amide bonds. The van der Waals surface area contributed by atoms with Crippen LogP contribution in [0.2, 0.25) is 0 Å². The first-order valence-corrected chi connectivity index (χ1v) is 10.00. The number of hydrogen-bond acceptors (Lipinski definition) is 4. The Balaban J connectivity index is 1.62. The first kappa shape index (κ1) is 17.8. The van der Waals surface area contributed by atoms with Crippen LogP contribution in [0.5, 0.6) is 0 Å². The summed E-state index contributed by atoms with van der Waals surface area (Å²) in [7, 11) is -3.43. The zero-order valence-electron chi connectivity index (χ0n) is 14.1. The summed E-state index contributed by atoms with van der Waals surface area (Å²) in [5.74, 6) is 0.660. The van der Waals surface area contributed by atoms with Crippen molar-refractivity contribution in [1.82, 2.24) is 4.31 Å². The number of piperidine rings is 1. The molecule has 0 aliphatic carbocycles. The van der Waals surface area contributed by atoms with Crippen LogP contribution in [-0.4, -0.2) is 37.5 Å². The number of nitrogens with one attached hydrogen (secondary N) is 2. The zero-order chi connectivity index (χ0) is 17.7. The van der Waals surface area contributed by atoms with Crippen LogP contribution in [0.1, 0.15) is 30.9 Å². The van der Waals surface area contributed by atoms with Gasteiger partial charge in [0.1, 0.15) is 23.7 Å². The number of hydrogen-bond donors (Lipinski definition) is 2. The molecule has 6 nitrogen and oxygen atoms in total. The van der Waals surface area contributed by atoms with E-state index in [9.17, 15) is 13.5 Å². The molecule has 134 valence electrons. The Morgan fingerprint density at radius 2 is 1.80 bits per heavy atom. The van der Waals surface area contributed by atoms with Gasteiger partial charge in [-0.1, -0.05) is 36.8 Å². The fourth-order valence-corrected chi connectivity index (χ4v) is 4.42. The van der Waals surface area contributed by atoms with E-state index in [0.717, 1.165) is 24.8 Å². The summed E-state index contributed by atoms with van der Waals surface area (Å²) in [5.41, 5.74) is 0.833. The minimum absolute atomic E-state index is 0.267. The van der Waals surface area contributed by atoms with Crippen LogP contribution in [0.15, 0.2) is 53.6 Å². The number of anilines is 1. The number of benzene rings is 1. The molecule has 0 unspecified atom stereocenters. The van der Waals surface area contributed by atoms with E-state index >= 15 is 0 Å². The summed E-state index contributed by atoms with van der Waals surface area (Å²) in [6.07, 6.45) is 3.79. The summed E-state index contributed by atoms with van der Waals surface area (Å²) in [6, 6.07) is 12.7. The molecule has 2 heterocycles. The SMILES string of the molecule is O=S(=O)(c1ccc(NC[C@@H](O)c2ccccc2)[nH+]c1)N1CCCCC1. The van der Waals surface area contributed by atoms with Gasteiger partial charge in [0.2, 0.25) is 10.0 Å². The Morgan fingerprint density at radius 1 is 1.08 bits per heavy atom. The predicted octanol–water partition coefficient (Wildman–Crippen LogP) is 1.82. The molecule has 1 aliphatic heterocycles. The Labute approximate surface area is 148 Å². The molecular weight excluding hydrogens is 338 g/mol. The number of pyridine rings is 1. The molecule has 1 fully saturated rings. The minimum Gasteiger partial charge on any atom is -0.384 e. The summed E-state index contributed by atoms with van der Waals surface area (Å²) >= 11 is 0. The highest BCUT2D eigenvalue weighted by atomic mass is 32.2.